The van der Waals surface area contributed by atoms with Gasteiger partial charge in [0.2, 0.25) is 0 Å². The van der Waals surface area contributed by atoms with Crippen molar-refractivity contribution in [2.75, 3.05) is 6.61 Å². The molecule has 18 heteroatoms. The number of esters is 2. The van der Waals surface area contributed by atoms with Gasteiger partial charge >= 0.3 is 36.6 Å². The molecule has 0 saturated heterocycles. The Morgan fingerprint density at radius 1 is 0.682 bits per heavy atom. The van der Waals surface area contributed by atoms with Gasteiger partial charge in [0, 0.05) is 11.1 Å². The SMILES string of the molecule is C=C(C)C(=O)OC(CC(C)COC(C(F)(F)F)(C(F)(F)F)C(OC(=O)C(=C)C)(C(C)C)C(C)C)C(O)(C(F)(F)F)C(F)(F)F. The summed E-state index contributed by atoms with van der Waals surface area (Å²) in [7, 11) is 0. The molecule has 0 bridgehead atoms. The lowest BCUT2D eigenvalue weighted by molar-refractivity contribution is -0.437. The van der Waals surface area contributed by atoms with Crippen LogP contribution >= 0.6 is 0 Å². The van der Waals surface area contributed by atoms with Crippen LogP contribution in [0.15, 0.2) is 24.3 Å². The van der Waals surface area contributed by atoms with Crippen molar-refractivity contribution in [3.05, 3.63) is 24.3 Å². The fourth-order valence-corrected chi connectivity index (χ4v) is 4.67. The van der Waals surface area contributed by atoms with Gasteiger partial charge in [-0.25, -0.2) is 9.59 Å². The minimum atomic E-state index is -6.60. The molecule has 1 N–H and O–H groups in total. The number of aliphatic hydroxyl groups is 1. The number of carbonyl (C=O) groups excluding carboxylic acids is 2. The number of halogens is 12. The molecule has 2 unspecified atom stereocenters. The normalized spacial score (nSPS) is 15.7. The summed E-state index contributed by atoms with van der Waals surface area (Å²) in [5, 5.41) is 9.81. The maximum absolute atomic E-state index is 14.7. The summed E-state index contributed by atoms with van der Waals surface area (Å²) in [6, 6.07) is 0. The molecular formula is C26H34F12O6. The van der Waals surface area contributed by atoms with E-state index in [-0.39, 0.29) is 0 Å². The van der Waals surface area contributed by atoms with Gasteiger partial charge in [0.05, 0.1) is 6.61 Å². The fraction of sp³-hybridized carbons (Fsp3) is 0.769. The van der Waals surface area contributed by atoms with Crippen LogP contribution in [0, 0.1) is 17.8 Å². The average Bonchev–Trinajstić information content (AvgIpc) is 2.78. The van der Waals surface area contributed by atoms with Gasteiger partial charge in [-0.05, 0) is 38.0 Å². The van der Waals surface area contributed by atoms with Gasteiger partial charge in [0.15, 0.2) is 5.60 Å². The minimum absolute atomic E-state index is 0.582. The molecule has 0 aliphatic heterocycles. The predicted octanol–water partition coefficient (Wildman–Crippen LogP) is 7.41. The van der Waals surface area contributed by atoms with Crippen LogP contribution in [0.1, 0.15) is 54.9 Å². The first kappa shape index (κ1) is 41.5. The zero-order chi connectivity index (χ0) is 35.7. The van der Waals surface area contributed by atoms with Crippen molar-refractivity contribution in [2.24, 2.45) is 17.8 Å². The molecule has 0 fully saturated rings. The van der Waals surface area contributed by atoms with E-state index in [1.54, 1.807) is 0 Å². The fourth-order valence-electron chi connectivity index (χ4n) is 4.67. The Kier molecular flexibility index (Phi) is 12.7. The van der Waals surface area contributed by atoms with Crippen LogP contribution in [0.2, 0.25) is 0 Å². The van der Waals surface area contributed by atoms with Crippen LogP contribution in [0.4, 0.5) is 52.7 Å². The molecule has 0 rings (SSSR count). The van der Waals surface area contributed by atoms with Gasteiger partial charge in [-0.1, -0.05) is 47.8 Å². The predicted molar refractivity (Wildman–Crippen MR) is 130 cm³/mol. The maximum Gasteiger partial charge on any atom is 0.430 e. The first-order chi connectivity index (χ1) is 19.3. The number of hydrogen-bond donors (Lipinski definition) is 1. The van der Waals surface area contributed by atoms with Crippen molar-refractivity contribution >= 4 is 11.9 Å². The summed E-state index contributed by atoms with van der Waals surface area (Å²) < 4.78 is 183. The van der Waals surface area contributed by atoms with Crippen LogP contribution in [0.25, 0.3) is 0 Å². The van der Waals surface area contributed by atoms with Crippen molar-refractivity contribution < 1.29 is 81.6 Å². The topological polar surface area (TPSA) is 82.1 Å². The van der Waals surface area contributed by atoms with Crippen LogP contribution in [0.5, 0.6) is 0 Å². The zero-order valence-electron chi connectivity index (χ0n) is 24.7. The summed E-state index contributed by atoms with van der Waals surface area (Å²) >= 11 is 0. The van der Waals surface area contributed by atoms with Crippen molar-refractivity contribution in [3.63, 3.8) is 0 Å². The number of hydrogen-bond acceptors (Lipinski definition) is 6. The molecule has 0 spiro atoms. The quantitative estimate of drug-likeness (QED) is 0.125. The van der Waals surface area contributed by atoms with Gasteiger partial charge in [-0.2, -0.15) is 52.7 Å². The van der Waals surface area contributed by atoms with Crippen LogP contribution in [0.3, 0.4) is 0 Å². The van der Waals surface area contributed by atoms with E-state index < -0.39 is 101 Å². The number of ether oxygens (including phenoxy) is 3. The third-order valence-electron chi connectivity index (χ3n) is 6.80. The Morgan fingerprint density at radius 3 is 1.32 bits per heavy atom. The minimum Gasteiger partial charge on any atom is -0.455 e. The van der Waals surface area contributed by atoms with Gasteiger partial charge < -0.3 is 19.3 Å². The molecule has 0 radical (unpaired) electrons. The summed E-state index contributed by atoms with van der Waals surface area (Å²) in [6.45, 7) is 9.88. The highest BCUT2D eigenvalue weighted by Crippen LogP contribution is 2.59. The molecular weight excluding hydrogens is 636 g/mol. The lowest BCUT2D eigenvalue weighted by Crippen LogP contribution is -2.77. The highest BCUT2D eigenvalue weighted by molar-refractivity contribution is 5.87. The Hall–Kier alpha value is -2.50. The highest BCUT2D eigenvalue weighted by Gasteiger charge is 2.84. The second-order valence-electron chi connectivity index (χ2n) is 11.0. The third-order valence-corrected chi connectivity index (χ3v) is 6.80. The van der Waals surface area contributed by atoms with Crippen LogP contribution in [-0.4, -0.2) is 71.3 Å². The Morgan fingerprint density at radius 2 is 1.05 bits per heavy atom. The van der Waals surface area contributed by atoms with Gasteiger partial charge in [-0.3, -0.25) is 0 Å². The summed E-state index contributed by atoms with van der Waals surface area (Å²) in [6.07, 6.45) is -31.6. The van der Waals surface area contributed by atoms with Crippen molar-refractivity contribution in [1.82, 2.24) is 0 Å². The van der Waals surface area contributed by atoms with Crippen molar-refractivity contribution in [3.8, 4) is 0 Å². The van der Waals surface area contributed by atoms with E-state index in [2.05, 4.69) is 22.6 Å². The van der Waals surface area contributed by atoms with Crippen molar-refractivity contribution in [1.29, 1.82) is 0 Å². The van der Waals surface area contributed by atoms with Gasteiger partial charge in [0.1, 0.15) is 6.10 Å². The standard InChI is InChI=1S/C26H34F12O6/c1-12(2)18(39)43-17(21(41,23(27,28)29)24(30,31)32)10-16(9)11-42-22(25(33,34)35,26(36,37)38)20(14(5)6,15(7)8)44-19(40)13(3)4/h14-17,41H,1,3,10-11H2,2,4-9H3. The second-order valence-corrected chi connectivity index (χ2v) is 11.0. The van der Waals surface area contributed by atoms with Crippen LogP contribution < -0.4 is 0 Å². The van der Waals surface area contributed by atoms with E-state index in [0.29, 0.717) is 6.92 Å². The lowest BCUT2D eigenvalue weighted by Gasteiger charge is -2.54. The maximum atomic E-state index is 14.7. The number of alkyl halides is 12. The number of rotatable bonds is 13. The molecule has 0 saturated carbocycles. The molecule has 6 nitrogen and oxygen atoms in total. The van der Waals surface area contributed by atoms with E-state index in [1.807, 2.05) is 0 Å². The molecule has 0 aromatic carbocycles. The van der Waals surface area contributed by atoms with E-state index in [4.69, 9.17) is 4.74 Å². The molecule has 0 amide bonds. The first-order valence-electron chi connectivity index (χ1n) is 12.7. The average molecular weight is 671 g/mol. The summed E-state index contributed by atoms with van der Waals surface area (Å²) in [4.78, 5) is 24.3. The Bertz CT molecular complexity index is 1020. The van der Waals surface area contributed by atoms with E-state index in [1.165, 1.54) is 0 Å². The van der Waals surface area contributed by atoms with Gasteiger partial charge in [0.25, 0.3) is 11.2 Å². The monoisotopic (exact) mass is 670 g/mol. The molecule has 0 aromatic heterocycles. The second kappa shape index (κ2) is 13.5. The first-order valence-corrected chi connectivity index (χ1v) is 12.7. The van der Waals surface area contributed by atoms with E-state index in [0.717, 1.165) is 41.5 Å². The molecule has 0 heterocycles. The number of carbonyl (C=O) groups is 2. The largest absolute Gasteiger partial charge is 0.455 e. The Balaban J connectivity index is 7.30. The zero-order valence-corrected chi connectivity index (χ0v) is 24.7. The molecule has 0 aliphatic carbocycles. The smallest absolute Gasteiger partial charge is 0.430 e. The molecule has 44 heavy (non-hydrogen) atoms. The molecule has 0 aromatic rings. The van der Waals surface area contributed by atoms with Crippen LogP contribution in [-0.2, 0) is 23.8 Å². The van der Waals surface area contributed by atoms with E-state index >= 15 is 0 Å². The molecule has 2 atom stereocenters. The molecule has 0 aliphatic rings. The third kappa shape index (κ3) is 7.65. The summed E-state index contributed by atoms with van der Waals surface area (Å²) in [5.41, 5.74) is -16.2. The van der Waals surface area contributed by atoms with Gasteiger partial charge in [-0.15, -0.1) is 0 Å². The van der Waals surface area contributed by atoms with Crippen molar-refractivity contribution in [2.45, 2.75) is 102 Å². The highest BCUT2D eigenvalue weighted by atomic mass is 19.4. The molecule has 258 valence electrons. The lowest BCUT2D eigenvalue weighted by atomic mass is 9.66. The summed E-state index contributed by atoms with van der Waals surface area (Å²) in [5.74, 6) is -9.40. The Labute approximate surface area is 245 Å². The van der Waals surface area contributed by atoms with E-state index in [9.17, 15) is 67.4 Å².